The first kappa shape index (κ1) is 13.7. The molecule has 0 amide bonds. The average Bonchev–Trinajstić information content (AvgIpc) is 2.76. The largest absolute Gasteiger partial charge is 0.299 e. The normalized spacial score (nSPS) is 49.2. The molecule has 1 heterocycles. The number of carbonyl (C=O) groups is 2. The number of ketones is 2. The monoisotopic (exact) mass is 287 g/mol. The van der Waals surface area contributed by atoms with E-state index in [0.29, 0.717) is 35.7 Å². The molecule has 0 spiro atoms. The molecule has 3 saturated carbocycles. The van der Waals surface area contributed by atoms with Crippen LogP contribution >= 0.6 is 0 Å². The fourth-order valence-electron chi connectivity index (χ4n) is 5.98. The van der Waals surface area contributed by atoms with Crippen LogP contribution in [0.25, 0.3) is 0 Å². The number of hydrogen-bond donors (Lipinski definition) is 0. The summed E-state index contributed by atoms with van der Waals surface area (Å²) >= 11 is 0. The zero-order valence-corrected chi connectivity index (χ0v) is 13.2. The molecule has 0 unspecified atom stereocenters. The Morgan fingerprint density at radius 1 is 1.00 bits per heavy atom. The van der Waals surface area contributed by atoms with Crippen LogP contribution in [0, 0.1) is 28.6 Å². The van der Waals surface area contributed by atoms with Crippen molar-refractivity contribution in [2.75, 3.05) is 6.54 Å². The molecule has 0 aromatic carbocycles. The van der Waals surface area contributed by atoms with Gasteiger partial charge >= 0.3 is 0 Å². The number of Topliss-reactive ketones (excluding diaryl/α,β-unsaturated/α-hetero) is 2. The standard InChI is InChI=1S/C18H25NO2/c1-17-7-5-11(20)9-15(17)19-10-12-13-3-4-16(21)18(13,2)8-6-14(12)17/h12-14H,3-10H2,1-2H3/t12-,13-,14-,17+,18-/m0/s1. The molecule has 0 aromatic heterocycles. The molecule has 3 heteroatoms. The summed E-state index contributed by atoms with van der Waals surface area (Å²) in [6, 6.07) is 0. The fourth-order valence-corrected chi connectivity index (χ4v) is 5.98. The highest BCUT2D eigenvalue weighted by molar-refractivity contribution is 6.07. The molecular formula is C18H25NO2. The van der Waals surface area contributed by atoms with Gasteiger partial charge in [0.1, 0.15) is 11.6 Å². The smallest absolute Gasteiger partial charge is 0.139 e. The van der Waals surface area contributed by atoms with Crippen LogP contribution in [0.4, 0.5) is 0 Å². The molecule has 4 aliphatic rings. The minimum absolute atomic E-state index is 0.0744. The summed E-state index contributed by atoms with van der Waals surface area (Å²) < 4.78 is 0. The minimum Gasteiger partial charge on any atom is -0.299 e. The topological polar surface area (TPSA) is 46.5 Å². The Morgan fingerprint density at radius 2 is 1.76 bits per heavy atom. The lowest BCUT2D eigenvalue weighted by Gasteiger charge is -2.55. The Bertz CT molecular complexity index is 551. The van der Waals surface area contributed by atoms with Gasteiger partial charge in [-0.15, -0.1) is 0 Å². The van der Waals surface area contributed by atoms with Gasteiger partial charge in [-0.3, -0.25) is 14.6 Å². The molecule has 21 heavy (non-hydrogen) atoms. The van der Waals surface area contributed by atoms with Gasteiger partial charge in [0.05, 0.1) is 0 Å². The van der Waals surface area contributed by atoms with Crippen molar-refractivity contribution >= 4 is 17.3 Å². The molecule has 3 fully saturated rings. The molecule has 3 nitrogen and oxygen atoms in total. The summed E-state index contributed by atoms with van der Waals surface area (Å²) in [6.07, 6.45) is 6.32. The molecule has 0 N–H and O–H groups in total. The van der Waals surface area contributed by atoms with E-state index in [2.05, 4.69) is 13.8 Å². The summed E-state index contributed by atoms with van der Waals surface area (Å²) in [5.41, 5.74) is 1.23. The van der Waals surface area contributed by atoms with E-state index >= 15 is 0 Å². The summed E-state index contributed by atoms with van der Waals surface area (Å²) in [5.74, 6) is 2.59. The number of aliphatic imine (C=N–C) groups is 1. The van der Waals surface area contributed by atoms with Crippen LogP contribution in [0.5, 0.6) is 0 Å². The van der Waals surface area contributed by atoms with Gasteiger partial charge in [0.2, 0.25) is 0 Å². The van der Waals surface area contributed by atoms with Gasteiger partial charge < -0.3 is 0 Å². The Morgan fingerprint density at radius 3 is 2.57 bits per heavy atom. The lowest BCUT2D eigenvalue weighted by atomic mass is 9.50. The maximum Gasteiger partial charge on any atom is 0.139 e. The van der Waals surface area contributed by atoms with Crippen LogP contribution in [0.1, 0.15) is 58.8 Å². The third-order valence-corrected chi connectivity index (χ3v) is 7.40. The number of hydrogen-bond acceptors (Lipinski definition) is 3. The molecule has 1 aliphatic heterocycles. The predicted octanol–water partition coefficient (Wildman–Crippen LogP) is 3.21. The van der Waals surface area contributed by atoms with E-state index in [9.17, 15) is 9.59 Å². The molecular weight excluding hydrogens is 262 g/mol. The van der Waals surface area contributed by atoms with Gasteiger partial charge in [-0.25, -0.2) is 0 Å². The third kappa shape index (κ3) is 1.69. The van der Waals surface area contributed by atoms with Crippen molar-refractivity contribution in [3.63, 3.8) is 0 Å². The summed E-state index contributed by atoms with van der Waals surface area (Å²) in [4.78, 5) is 29.0. The van der Waals surface area contributed by atoms with E-state index in [1.165, 1.54) is 5.71 Å². The first-order valence-corrected chi connectivity index (χ1v) is 8.54. The second-order valence-corrected chi connectivity index (χ2v) is 8.22. The Labute approximate surface area is 126 Å². The lowest BCUT2D eigenvalue weighted by molar-refractivity contribution is -0.131. The zero-order valence-electron chi connectivity index (χ0n) is 13.2. The van der Waals surface area contributed by atoms with Crippen LogP contribution in [0.3, 0.4) is 0 Å². The maximum absolute atomic E-state index is 12.3. The summed E-state index contributed by atoms with van der Waals surface area (Å²) in [5, 5.41) is 0. The molecule has 0 saturated heterocycles. The Hall–Kier alpha value is -0.990. The van der Waals surface area contributed by atoms with E-state index in [0.717, 1.165) is 45.1 Å². The van der Waals surface area contributed by atoms with Gasteiger partial charge in [-0.05, 0) is 43.4 Å². The molecule has 0 radical (unpaired) electrons. The Kier molecular flexibility index (Phi) is 2.78. The van der Waals surface area contributed by atoms with Crippen LogP contribution in [0.15, 0.2) is 4.99 Å². The quantitative estimate of drug-likeness (QED) is 0.687. The predicted molar refractivity (Wildman–Crippen MR) is 81.3 cm³/mol. The van der Waals surface area contributed by atoms with Crippen LogP contribution in [-0.2, 0) is 9.59 Å². The van der Waals surface area contributed by atoms with E-state index in [1.54, 1.807) is 0 Å². The van der Waals surface area contributed by atoms with Crippen molar-refractivity contribution in [2.45, 2.75) is 58.8 Å². The van der Waals surface area contributed by atoms with Gasteiger partial charge in [0, 0.05) is 42.3 Å². The van der Waals surface area contributed by atoms with Crippen molar-refractivity contribution in [3.05, 3.63) is 0 Å². The highest BCUT2D eigenvalue weighted by Gasteiger charge is 2.59. The van der Waals surface area contributed by atoms with Crippen molar-refractivity contribution in [3.8, 4) is 0 Å². The molecule has 114 valence electrons. The molecule has 3 aliphatic carbocycles. The Balaban J connectivity index is 1.71. The lowest BCUT2D eigenvalue weighted by Crippen LogP contribution is -2.54. The van der Waals surface area contributed by atoms with E-state index in [4.69, 9.17) is 4.99 Å². The van der Waals surface area contributed by atoms with Crippen LogP contribution in [0.2, 0.25) is 0 Å². The number of rotatable bonds is 0. The van der Waals surface area contributed by atoms with E-state index < -0.39 is 0 Å². The van der Waals surface area contributed by atoms with Crippen molar-refractivity contribution in [2.24, 2.45) is 33.6 Å². The SMILES string of the molecule is C[C@]12CCC(=O)CC1=NC[C@@H]1[C@@H]2CC[C@]2(C)C(=O)CC[C@@H]12. The van der Waals surface area contributed by atoms with Gasteiger partial charge in [-0.1, -0.05) is 13.8 Å². The first-order chi connectivity index (χ1) is 9.95. The van der Waals surface area contributed by atoms with Gasteiger partial charge in [0.15, 0.2) is 0 Å². The fraction of sp³-hybridized carbons (Fsp3) is 0.833. The van der Waals surface area contributed by atoms with Gasteiger partial charge in [0.25, 0.3) is 0 Å². The van der Waals surface area contributed by atoms with Crippen molar-refractivity contribution in [1.82, 2.24) is 0 Å². The number of fused-ring (bicyclic) bond motifs is 5. The second kappa shape index (κ2) is 4.27. The zero-order chi connectivity index (χ0) is 14.8. The summed E-state index contributed by atoms with van der Waals surface area (Å²) in [7, 11) is 0. The molecule has 5 atom stereocenters. The van der Waals surface area contributed by atoms with Gasteiger partial charge in [-0.2, -0.15) is 0 Å². The van der Waals surface area contributed by atoms with Crippen molar-refractivity contribution < 1.29 is 9.59 Å². The van der Waals surface area contributed by atoms with E-state index in [1.807, 2.05) is 0 Å². The average molecular weight is 287 g/mol. The van der Waals surface area contributed by atoms with Crippen LogP contribution in [-0.4, -0.2) is 23.8 Å². The summed E-state index contributed by atoms with van der Waals surface area (Å²) in [6.45, 7) is 5.40. The van der Waals surface area contributed by atoms with Crippen LogP contribution < -0.4 is 0 Å². The highest BCUT2D eigenvalue weighted by atomic mass is 16.1. The number of carbonyl (C=O) groups excluding carboxylic acids is 2. The second-order valence-electron chi connectivity index (χ2n) is 8.22. The molecule has 0 aromatic rings. The minimum atomic E-state index is -0.0744. The number of nitrogens with zero attached hydrogens (tertiary/aromatic N) is 1. The molecule has 0 bridgehead atoms. The van der Waals surface area contributed by atoms with E-state index in [-0.39, 0.29) is 10.8 Å². The highest BCUT2D eigenvalue weighted by Crippen LogP contribution is 2.60. The third-order valence-electron chi connectivity index (χ3n) is 7.40. The molecule has 4 rings (SSSR count). The first-order valence-electron chi connectivity index (χ1n) is 8.54. The maximum atomic E-state index is 12.3. The van der Waals surface area contributed by atoms with Crippen molar-refractivity contribution in [1.29, 1.82) is 0 Å².